The first-order valence-corrected chi connectivity index (χ1v) is 10.5. The number of aromatic nitrogens is 2. The lowest BCUT2D eigenvalue weighted by atomic mass is 9.70. The van der Waals surface area contributed by atoms with Gasteiger partial charge in [0.2, 0.25) is 0 Å². The zero-order valence-corrected chi connectivity index (χ0v) is 16.5. The highest BCUT2D eigenvalue weighted by Gasteiger charge is 2.30. The molecule has 1 aromatic carbocycles. The molecule has 1 aromatic heterocycles. The van der Waals surface area contributed by atoms with Crippen LogP contribution in [0.4, 0.5) is 0 Å². The van der Waals surface area contributed by atoms with Crippen LogP contribution in [-0.2, 0) is 6.54 Å². The van der Waals surface area contributed by atoms with E-state index in [-0.39, 0.29) is 17.2 Å². The van der Waals surface area contributed by atoms with Crippen LogP contribution < -0.4 is 11.0 Å². The van der Waals surface area contributed by atoms with Crippen LogP contribution in [0.2, 0.25) is 0 Å². The average molecular weight is 380 g/mol. The molecule has 2 aliphatic carbocycles. The van der Waals surface area contributed by atoms with Crippen molar-refractivity contribution in [3.8, 4) is 0 Å². The molecule has 1 amide bonds. The van der Waals surface area contributed by atoms with Gasteiger partial charge in [0.25, 0.3) is 11.5 Å². The van der Waals surface area contributed by atoms with Gasteiger partial charge in [-0.15, -0.1) is 0 Å². The zero-order valence-electron chi connectivity index (χ0n) is 16.5. The molecule has 2 fully saturated rings. The predicted octanol–water partition coefficient (Wildman–Crippen LogP) is 3.88. The van der Waals surface area contributed by atoms with Gasteiger partial charge in [-0.2, -0.15) is 10.2 Å². The van der Waals surface area contributed by atoms with Crippen molar-refractivity contribution in [2.24, 2.45) is 16.9 Å². The van der Waals surface area contributed by atoms with E-state index < -0.39 is 0 Å². The van der Waals surface area contributed by atoms with Gasteiger partial charge in [-0.1, -0.05) is 44.4 Å². The standard InChI is InChI=1S/C22H28N4O2/c1-2-13-26-22(28)19-10-6-5-9-18(19)20(25-26)21(27)24-23-17-12-11-15-7-3-4-8-16(15)14-17/h5-6,9-10,15-16H,2-4,7-8,11-14H2,1H3,(H,24,27)/b23-17-/t15-,16+/m1/s1. The minimum atomic E-state index is -0.348. The minimum Gasteiger partial charge on any atom is -0.267 e. The van der Waals surface area contributed by atoms with Gasteiger partial charge in [-0.25, -0.2) is 10.1 Å². The zero-order chi connectivity index (χ0) is 19.5. The highest BCUT2D eigenvalue weighted by Crippen LogP contribution is 2.39. The number of hydrogen-bond acceptors (Lipinski definition) is 4. The number of hydrazone groups is 1. The van der Waals surface area contributed by atoms with E-state index in [1.807, 2.05) is 19.1 Å². The van der Waals surface area contributed by atoms with Crippen LogP contribution in [0.5, 0.6) is 0 Å². The maximum absolute atomic E-state index is 12.9. The van der Waals surface area contributed by atoms with E-state index in [1.54, 1.807) is 12.1 Å². The van der Waals surface area contributed by atoms with E-state index in [1.165, 1.54) is 36.8 Å². The van der Waals surface area contributed by atoms with E-state index in [0.717, 1.165) is 36.8 Å². The quantitative estimate of drug-likeness (QED) is 0.818. The van der Waals surface area contributed by atoms with Crippen LogP contribution in [-0.4, -0.2) is 21.4 Å². The van der Waals surface area contributed by atoms with Crippen molar-refractivity contribution in [2.75, 3.05) is 0 Å². The van der Waals surface area contributed by atoms with E-state index in [9.17, 15) is 9.59 Å². The van der Waals surface area contributed by atoms with Crippen molar-refractivity contribution < 1.29 is 4.79 Å². The van der Waals surface area contributed by atoms with Crippen LogP contribution in [0.15, 0.2) is 34.2 Å². The Morgan fingerprint density at radius 2 is 1.93 bits per heavy atom. The van der Waals surface area contributed by atoms with Gasteiger partial charge in [0.05, 0.1) is 5.39 Å². The normalized spacial score (nSPS) is 23.5. The fourth-order valence-electron chi connectivity index (χ4n) is 4.74. The van der Waals surface area contributed by atoms with Crippen LogP contribution in [0.1, 0.15) is 68.8 Å². The molecule has 2 aliphatic rings. The number of nitrogens with zero attached hydrogens (tertiary/aromatic N) is 3. The summed E-state index contributed by atoms with van der Waals surface area (Å²) in [6, 6.07) is 7.15. The Bertz CT molecular complexity index is 963. The second-order valence-electron chi connectivity index (χ2n) is 8.09. The lowest BCUT2D eigenvalue weighted by Gasteiger charge is -2.35. The number of hydrogen-bond donors (Lipinski definition) is 1. The number of nitrogens with one attached hydrogen (secondary N) is 1. The molecular formula is C22H28N4O2. The fourth-order valence-corrected chi connectivity index (χ4v) is 4.74. The third kappa shape index (κ3) is 3.73. The van der Waals surface area contributed by atoms with Crippen LogP contribution in [0, 0.1) is 11.8 Å². The maximum atomic E-state index is 12.9. The summed E-state index contributed by atoms with van der Waals surface area (Å²) in [6.07, 6.45) is 9.22. The molecule has 6 nitrogen and oxygen atoms in total. The smallest absolute Gasteiger partial charge is 0.267 e. The summed E-state index contributed by atoms with van der Waals surface area (Å²) in [7, 11) is 0. The molecule has 2 aromatic rings. The van der Waals surface area contributed by atoms with E-state index in [2.05, 4.69) is 15.6 Å². The molecule has 0 saturated heterocycles. The third-order valence-corrected chi connectivity index (χ3v) is 6.20. The van der Waals surface area contributed by atoms with Crippen molar-refractivity contribution in [2.45, 2.75) is 64.8 Å². The van der Waals surface area contributed by atoms with Gasteiger partial charge in [0.1, 0.15) is 0 Å². The van der Waals surface area contributed by atoms with Gasteiger partial charge in [-0.3, -0.25) is 9.59 Å². The van der Waals surface area contributed by atoms with Gasteiger partial charge >= 0.3 is 0 Å². The molecule has 0 bridgehead atoms. The number of rotatable bonds is 4. The van der Waals surface area contributed by atoms with Gasteiger partial charge in [0.15, 0.2) is 5.69 Å². The largest absolute Gasteiger partial charge is 0.292 e. The molecule has 28 heavy (non-hydrogen) atoms. The highest BCUT2D eigenvalue weighted by atomic mass is 16.2. The van der Waals surface area contributed by atoms with Crippen molar-refractivity contribution >= 4 is 22.4 Å². The lowest BCUT2D eigenvalue weighted by molar-refractivity contribution is 0.0948. The Morgan fingerprint density at radius 1 is 1.18 bits per heavy atom. The first-order valence-electron chi connectivity index (χ1n) is 10.5. The van der Waals surface area contributed by atoms with Gasteiger partial charge < -0.3 is 0 Å². The summed E-state index contributed by atoms with van der Waals surface area (Å²) >= 11 is 0. The van der Waals surface area contributed by atoms with Gasteiger partial charge in [-0.05, 0) is 50.0 Å². The summed E-state index contributed by atoms with van der Waals surface area (Å²) in [5.74, 6) is 1.22. The van der Waals surface area contributed by atoms with E-state index in [4.69, 9.17) is 0 Å². The molecule has 2 saturated carbocycles. The number of aryl methyl sites for hydroxylation is 1. The van der Waals surface area contributed by atoms with Crippen LogP contribution in [0.3, 0.4) is 0 Å². The Morgan fingerprint density at radius 3 is 2.71 bits per heavy atom. The Kier molecular flexibility index (Phi) is 5.55. The summed E-state index contributed by atoms with van der Waals surface area (Å²) < 4.78 is 1.39. The van der Waals surface area contributed by atoms with Gasteiger partial charge in [0, 0.05) is 17.6 Å². The van der Waals surface area contributed by atoms with Crippen molar-refractivity contribution in [1.29, 1.82) is 0 Å². The number of benzene rings is 1. The average Bonchev–Trinajstić information content (AvgIpc) is 2.74. The summed E-state index contributed by atoms with van der Waals surface area (Å²) in [4.78, 5) is 25.4. The van der Waals surface area contributed by atoms with Crippen LogP contribution >= 0.6 is 0 Å². The first kappa shape index (κ1) is 18.8. The second kappa shape index (κ2) is 8.25. The summed E-state index contributed by atoms with van der Waals surface area (Å²) in [6.45, 7) is 2.47. The molecule has 0 spiro atoms. The third-order valence-electron chi connectivity index (χ3n) is 6.20. The lowest BCUT2D eigenvalue weighted by Crippen LogP contribution is -2.31. The molecule has 0 unspecified atom stereocenters. The molecule has 1 heterocycles. The number of carbonyl (C=O) groups is 1. The topological polar surface area (TPSA) is 76.3 Å². The SMILES string of the molecule is CCCn1nc(C(=O)N/N=C2/CC[C@H]3CCCC[C@H]3C2)c2ccccc2c1=O. The summed E-state index contributed by atoms with van der Waals surface area (Å²) in [5, 5.41) is 9.88. The Hall–Kier alpha value is -2.50. The number of amides is 1. The molecule has 6 heteroatoms. The maximum Gasteiger partial charge on any atom is 0.292 e. The minimum absolute atomic E-state index is 0.157. The van der Waals surface area contributed by atoms with Crippen LogP contribution in [0.25, 0.3) is 10.8 Å². The molecule has 4 rings (SSSR count). The molecule has 1 N–H and O–H groups in total. The van der Waals surface area contributed by atoms with E-state index in [0.29, 0.717) is 17.3 Å². The Balaban J connectivity index is 1.57. The fraction of sp³-hybridized carbons (Fsp3) is 0.545. The molecule has 2 atom stereocenters. The highest BCUT2D eigenvalue weighted by molar-refractivity contribution is 6.05. The summed E-state index contributed by atoms with van der Waals surface area (Å²) in [5.41, 5.74) is 3.91. The monoisotopic (exact) mass is 380 g/mol. The molecular weight excluding hydrogens is 352 g/mol. The second-order valence-corrected chi connectivity index (χ2v) is 8.09. The molecule has 0 radical (unpaired) electrons. The Labute approximate surface area is 165 Å². The van der Waals surface area contributed by atoms with E-state index >= 15 is 0 Å². The number of carbonyl (C=O) groups excluding carboxylic acids is 1. The van der Waals surface area contributed by atoms with Crippen molar-refractivity contribution in [1.82, 2.24) is 15.2 Å². The first-order chi connectivity index (χ1) is 13.7. The molecule has 0 aliphatic heterocycles. The van der Waals surface area contributed by atoms with Crippen molar-refractivity contribution in [3.63, 3.8) is 0 Å². The molecule has 148 valence electrons. The van der Waals surface area contributed by atoms with Crippen molar-refractivity contribution in [3.05, 3.63) is 40.3 Å². The predicted molar refractivity (Wildman–Crippen MR) is 110 cm³/mol. The number of fused-ring (bicyclic) bond motifs is 2.